The first-order chi connectivity index (χ1) is 5.57. The van der Waals surface area contributed by atoms with Crippen LogP contribution in [-0.4, -0.2) is 20.9 Å². The van der Waals surface area contributed by atoms with E-state index in [0.717, 1.165) is 4.68 Å². The van der Waals surface area contributed by atoms with Gasteiger partial charge in [-0.1, -0.05) is 0 Å². The summed E-state index contributed by atoms with van der Waals surface area (Å²) >= 11 is 5.36. The Kier molecular flexibility index (Phi) is 2.32. The minimum absolute atomic E-state index is 0.0455. The zero-order valence-corrected chi connectivity index (χ0v) is 6.97. The van der Waals surface area contributed by atoms with Crippen molar-refractivity contribution in [1.29, 1.82) is 0 Å². The maximum atomic E-state index is 12.9. The fourth-order valence-corrected chi connectivity index (χ4v) is 1.05. The molecule has 4 nitrogen and oxygen atoms in total. The summed E-state index contributed by atoms with van der Waals surface area (Å²) in [7, 11) is 1.32. The van der Waals surface area contributed by atoms with Crippen LogP contribution < -0.4 is 0 Å². The normalized spacial score (nSPS) is 10.2. The average molecular weight is 193 g/mol. The summed E-state index contributed by atoms with van der Waals surface area (Å²) < 4.78 is 13.8. The predicted molar refractivity (Wildman–Crippen MR) is 39.7 cm³/mol. The van der Waals surface area contributed by atoms with Crippen molar-refractivity contribution in [3.63, 3.8) is 0 Å². The molecule has 0 saturated heterocycles. The molecule has 0 aliphatic heterocycles. The molecule has 1 aromatic rings. The van der Waals surface area contributed by atoms with Gasteiger partial charge in [-0.15, -0.1) is 11.6 Å². The lowest BCUT2D eigenvalue weighted by Gasteiger charge is -1.90. The fourth-order valence-electron chi connectivity index (χ4n) is 0.861. The first kappa shape index (κ1) is 8.99. The Morgan fingerprint density at radius 2 is 2.42 bits per heavy atom. The maximum absolute atomic E-state index is 12.9. The molecule has 0 aromatic carbocycles. The monoisotopic (exact) mass is 192 g/mol. The van der Waals surface area contributed by atoms with Crippen LogP contribution in [0.2, 0.25) is 0 Å². The van der Waals surface area contributed by atoms with Gasteiger partial charge in [0.1, 0.15) is 5.56 Å². The molecule has 0 aliphatic rings. The number of carbonyl (C=O) groups is 1. The number of nitrogens with zero attached hydrogens (tertiary/aromatic N) is 2. The Hall–Kier alpha value is -1.10. The third-order valence-corrected chi connectivity index (χ3v) is 1.64. The molecule has 0 aliphatic carbocycles. The number of carboxylic acids is 1. The third-order valence-electron chi connectivity index (χ3n) is 1.39. The number of rotatable bonds is 2. The van der Waals surface area contributed by atoms with Crippen LogP contribution in [0.15, 0.2) is 0 Å². The highest BCUT2D eigenvalue weighted by Crippen LogP contribution is 2.13. The van der Waals surface area contributed by atoms with E-state index < -0.39 is 17.5 Å². The number of alkyl halides is 1. The van der Waals surface area contributed by atoms with E-state index in [1.54, 1.807) is 0 Å². The lowest BCUT2D eigenvalue weighted by Crippen LogP contribution is -2.02. The summed E-state index contributed by atoms with van der Waals surface area (Å²) in [4.78, 5) is 10.5. The minimum atomic E-state index is -1.35. The molecule has 6 heteroatoms. The number of hydrogen-bond donors (Lipinski definition) is 1. The van der Waals surface area contributed by atoms with Crippen LogP contribution in [0.25, 0.3) is 0 Å². The van der Waals surface area contributed by atoms with Gasteiger partial charge in [-0.05, 0) is 0 Å². The number of carboxylic acid groups (broad SMARTS) is 1. The number of halogens is 2. The van der Waals surface area contributed by atoms with Gasteiger partial charge in [0.05, 0.1) is 11.6 Å². The molecule has 1 N–H and O–H groups in total. The molecular weight excluding hydrogens is 187 g/mol. The highest BCUT2D eigenvalue weighted by Gasteiger charge is 2.21. The number of aromatic nitrogens is 2. The number of hydrogen-bond acceptors (Lipinski definition) is 2. The van der Waals surface area contributed by atoms with Crippen molar-refractivity contribution in [3.8, 4) is 0 Å². The van der Waals surface area contributed by atoms with E-state index >= 15 is 0 Å². The van der Waals surface area contributed by atoms with Gasteiger partial charge in [-0.3, -0.25) is 0 Å². The summed E-state index contributed by atoms with van der Waals surface area (Å²) in [5, 5.41) is 12.1. The second kappa shape index (κ2) is 3.10. The third kappa shape index (κ3) is 1.27. The van der Waals surface area contributed by atoms with E-state index in [0.29, 0.717) is 0 Å². The van der Waals surface area contributed by atoms with Gasteiger partial charge in [0.15, 0.2) is 0 Å². The smallest absolute Gasteiger partial charge is 0.342 e. The van der Waals surface area contributed by atoms with Crippen molar-refractivity contribution < 1.29 is 14.3 Å². The van der Waals surface area contributed by atoms with E-state index in [1.807, 2.05) is 0 Å². The largest absolute Gasteiger partial charge is 0.477 e. The molecule has 0 amide bonds. The molecule has 0 atom stereocenters. The molecule has 0 saturated carbocycles. The van der Waals surface area contributed by atoms with Crippen LogP contribution in [-0.2, 0) is 12.9 Å². The zero-order chi connectivity index (χ0) is 9.30. The molecule has 1 rings (SSSR count). The lowest BCUT2D eigenvalue weighted by molar-refractivity contribution is 0.0690. The Morgan fingerprint density at radius 3 is 2.75 bits per heavy atom. The quantitative estimate of drug-likeness (QED) is 0.712. The molecule has 0 unspecified atom stereocenters. The number of aromatic carboxylic acids is 1. The SMILES string of the molecule is Cn1nc(CCl)c(C(=O)O)c1F. The standard InChI is InChI=1S/C6H6ClFN2O2/c1-10-5(8)4(6(11)12)3(2-7)9-10/h2H2,1H3,(H,11,12). The van der Waals surface area contributed by atoms with Crippen molar-refractivity contribution in [1.82, 2.24) is 9.78 Å². The summed E-state index contributed by atoms with van der Waals surface area (Å²) in [5.41, 5.74) is -0.406. The van der Waals surface area contributed by atoms with Gasteiger partial charge < -0.3 is 5.11 Å². The second-order valence-corrected chi connectivity index (χ2v) is 2.44. The fraction of sp³-hybridized carbons (Fsp3) is 0.333. The van der Waals surface area contributed by atoms with Crippen LogP contribution in [0.1, 0.15) is 16.1 Å². The van der Waals surface area contributed by atoms with E-state index in [-0.39, 0.29) is 11.6 Å². The van der Waals surface area contributed by atoms with Crippen molar-refractivity contribution in [2.45, 2.75) is 5.88 Å². The van der Waals surface area contributed by atoms with Gasteiger partial charge in [0.2, 0.25) is 5.95 Å². The van der Waals surface area contributed by atoms with Gasteiger partial charge in [-0.25, -0.2) is 9.48 Å². The molecule has 0 fully saturated rings. The summed E-state index contributed by atoms with van der Waals surface area (Å²) in [6.45, 7) is 0. The summed E-state index contributed by atoms with van der Waals surface area (Å²) in [6, 6.07) is 0. The van der Waals surface area contributed by atoms with Crippen LogP contribution in [0.4, 0.5) is 4.39 Å². The maximum Gasteiger partial charge on any atom is 0.342 e. The van der Waals surface area contributed by atoms with Gasteiger partial charge in [-0.2, -0.15) is 9.49 Å². The van der Waals surface area contributed by atoms with Gasteiger partial charge >= 0.3 is 5.97 Å². The Balaban J connectivity index is 3.31. The number of aryl methyl sites for hydroxylation is 1. The van der Waals surface area contributed by atoms with Crippen molar-refractivity contribution >= 4 is 17.6 Å². The zero-order valence-electron chi connectivity index (χ0n) is 6.21. The molecule has 0 radical (unpaired) electrons. The molecule has 1 aromatic heterocycles. The second-order valence-electron chi connectivity index (χ2n) is 2.17. The van der Waals surface area contributed by atoms with E-state index in [9.17, 15) is 9.18 Å². The van der Waals surface area contributed by atoms with Crippen molar-refractivity contribution in [2.24, 2.45) is 7.05 Å². The van der Waals surface area contributed by atoms with Crippen LogP contribution in [0, 0.1) is 5.95 Å². The van der Waals surface area contributed by atoms with Crippen LogP contribution in [0.3, 0.4) is 0 Å². The Bertz CT molecular complexity index is 324. The van der Waals surface area contributed by atoms with Gasteiger partial charge in [0.25, 0.3) is 0 Å². The molecule has 66 valence electrons. The summed E-state index contributed by atoms with van der Waals surface area (Å²) in [5.74, 6) is -2.34. The molecule has 0 bridgehead atoms. The first-order valence-corrected chi connectivity index (χ1v) is 3.62. The van der Waals surface area contributed by atoms with E-state index in [1.165, 1.54) is 7.05 Å². The van der Waals surface area contributed by atoms with Crippen LogP contribution >= 0.6 is 11.6 Å². The Morgan fingerprint density at radius 1 is 1.83 bits per heavy atom. The van der Waals surface area contributed by atoms with E-state index in [2.05, 4.69) is 5.10 Å². The average Bonchev–Trinajstić information content (AvgIpc) is 2.28. The van der Waals surface area contributed by atoms with Crippen molar-refractivity contribution in [3.05, 3.63) is 17.2 Å². The molecule has 12 heavy (non-hydrogen) atoms. The van der Waals surface area contributed by atoms with E-state index in [4.69, 9.17) is 16.7 Å². The van der Waals surface area contributed by atoms with Crippen molar-refractivity contribution in [2.75, 3.05) is 0 Å². The van der Waals surface area contributed by atoms with Gasteiger partial charge in [0, 0.05) is 7.05 Å². The first-order valence-electron chi connectivity index (χ1n) is 3.08. The Labute approximate surface area is 72.6 Å². The molecular formula is C6H6ClFN2O2. The van der Waals surface area contributed by atoms with Crippen LogP contribution in [0.5, 0.6) is 0 Å². The highest BCUT2D eigenvalue weighted by molar-refractivity contribution is 6.17. The predicted octanol–water partition coefficient (Wildman–Crippen LogP) is 0.996. The molecule has 0 spiro atoms. The topological polar surface area (TPSA) is 55.1 Å². The summed E-state index contributed by atoms with van der Waals surface area (Å²) in [6.07, 6.45) is 0. The highest BCUT2D eigenvalue weighted by atomic mass is 35.5. The lowest BCUT2D eigenvalue weighted by atomic mass is 10.3. The minimum Gasteiger partial charge on any atom is -0.477 e. The molecule has 1 heterocycles.